The number of carbonyl (C=O) groups is 1. The molecule has 1 amide bonds. The van der Waals surface area contributed by atoms with Gasteiger partial charge in [-0.15, -0.1) is 0 Å². The summed E-state index contributed by atoms with van der Waals surface area (Å²) in [5.74, 6) is -1.50. The maximum atomic E-state index is 15.3. The van der Waals surface area contributed by atoms with Crippen molar-refractivity contribution in [3.05, 3.63) is 77.5 Å². The van der Waals surface area contributed by atoms with Crippen LogP contribution in [0.25, 0.3) is 10.9 Å². The number of aromatic nitrogens is 3. The van der Waals surface area contributed by atoms with Gasteiger partial charge in [0.05, 0.1) is 35.0 Å². The predicted molar refractivity (Wildman–Crippen MR) is 149 cm³/mol. The first-order valence-corrected chi connectivity index (χ1v) is 12.8. The second-order valence-corrected chi connectivity index (χ2v) is 10.2. The lowest BCUT2D eigenvalue weighted by atomic mass is 9.99. The summed E-state index contributed by atoms with van der Waals surface area (Å²) in [7, 11) is 0. The number of carbonyl (C=O) groups excluding carboxylic acids is 1. The van der Waals surface area contributed by atoms with Gasteiger partial charge in [0.2, 0.25) is 0 Å². The van der Waals surface area contributed by atoms with Gasteiger partial charge in [-0.25, -0.2) is 18.6 Å². The van der Waals surface area contributed by atoms with E-state index in [0.29, 0.717) is 12.2 Å². The molecule has 4 rings (SSSR count). The number of nitrogens with one attached hydrogen (secondary N) is 3. The van der Waals surface area contributed by atoms with Gasteiger partial charge in [0, 0.05) is 17.5 Å². The van der Waals surface area contributed by atoms with Crippen LogP contribution in [-0.2, 0) is 11.3 Å². The zero-order chi connectivity index (χ0) is 29.0. The zero-order valence-electron chi connectivity index (χ0n) is 22.9. The molecule has 0 spiro atoms. The molecule has 11 heteroatoms. The van der Waals surface area contributed by atoms with Gasteiger partial charge in [-0.3, -0.25) is 4.68 Å². The fourth-order valence-corrected chi connectivity index (χ4v) is 4.29. The first kappa shape index (κ1) is 28.3. The second-order valence-electron chi connectivity index (χ2n) is 10.2. The minimum absolute atomic E-state index is 0.0229. The van der Waals surface area contributed by atoms with Crippen molar-refractivity contribution in [2.24, 2.45) is 0 Å². The van der Waals surface area contributed by atoms with Crippen LogP contribution in [0.15, 0.2) is 54.7 Å². The normalized spacial score (nSPS) is 12.8. The van der Waals surface area contributed by atoms with Gasteiger partial charge in [-0.2, -0.15) is 10.4 Å². The number of nitrogens with zero attached hydrogens (tertiary/aromatic N) is 4. The van der Waals surface area contributed by atoms with Crippen molar-refractivity contribution in [2.75, 3.05) is 10.6 Å². The predicted octanol–water partition coefficient (Wildman–Crippen LogP) is 6.41. The molecule has 9 nitrogen and oxygen atoms in total. The van der Waals surface area contributed by atoms with E-state index in [1.807, 2.05) is 29.8 Å². The van der Waals surface area contributed by atoms with E-state index in [0.717, 1.165) is 17.0 Å². The molecular formula is C29H31F2N7O2. The molecule has 208 valence electrons. The van der Waals surface area contributed by atoms with Gasteiger partial charge in [0.1, 0.15) is 17.5 Å². The van der Waals surface area contributed by atoms with Crippen molar-refractivity contribution in [1.29, 1.82) is 5.26 Å². The number of ether oxygens (including phenoxy) is 1. The summed E-state index contributed by atoms with van der Waals surface area (Å²) in [4.78, 5) is 16.9. The smallest absolute Gasteiger partial charge is 0.407 e. The number of pyridine rings is 1. The molecule has 2 aromatic heterocycles. The molecule has 0 aliphatic rings. The third-order valence-electron chi connectivity index (χ3n) is 6.11. The van der Waals surface area contributed by atoms with Crippen molar-refractivity contribution in [2.45, 2.75) is 58.8 Å². The Balaban J connectivity index is 1.70. The van der Waals surface area contributed by atoms with E-state index in [4.69, 9.17) is 4.74 Å². The molecule has 0 fully saturated rings. The number of rotatable bonds is 8. The van der Waals surface area contributed by atoms with Gasteiger partial charge in [0.15, 0.2) is 17.5 Å². The highest BCUT2D eigenvalue weighted by Crippen LogP contribution is 2.31. The summed E-state index contributed by atoms with van der Waals surface area (Å²) in [6.45, 7) is 9.46. The van der Waals surface area contributed by atoms with E-state index in [9.17, 15) is 14.4 Å². The number of hydrogen-bond acceptors (Lipinski definition) is 7. The molecule has 3 N–H and O–H groups in total. The van der Waals surface area contributed by atoms with Crippen LogP contribution in [-0.4, -0.2) is 32.5 Å². The van der Waals surface area contributed by atoms with Crippen molar-refractivity contribution >= 4 is 34.3 Å². The summed E-state index contributed by atoms with van der Waals surface area (Å²) in [6.07, 6.45) is 0.994. The van der Waals surface area contributed by atoms with E-state index in [-0.39, 0.29) is 22.8 Å². The summed E-state index contributed by atoms with van der Waals surface area (Å²) < 4.78 is 37.3. The van der Waals surface area contributed by atoms with Gasteiger partial charge >= 0.3 is 6.09 Å². The molecule has 40 heavy (non-hydrogen) atoms. The number of aryl methyl sites for hydroxylation is 1. The van der Waals surface area contributed by atoms with Gasteiger partial charge in [-0.05, 0) is 58.9 Å². The lowest BCUT2D eigenvalue weighted by Crippen LogP contribution is -2.43. The first-order valence-electron chi connectivity index (χ1n) is 12.8. The molecule has 2 heterocycles. The summed E-state index contributed by atoms with van der Waals surface area (Å²) in [5, 5.41) is 23.6. The van der Waals surface area contributed by atoms with Crippen LogP contribution in [0, 0.1) is 23.0 Å². The Labute approximate surface area is 231 Å². The van der Waals surface area contributed by atoms with E-state index in [1.165, 1.54) is 18.2 Å². The first-order chi connectivity index (χ1) is 19.0. The highest BCUT2D eigenvalue weighted by atomic mass is 19.1. The minimum Gasteiger partial charge on any atom is -0.444 e. The van der Waals surface area contributed by atoms with Crippen molar-refractivity contribution in [1.82, 2.24) is 20.1 Å². The number of amides is 1. The molecule has 0 aliphatic carbocycles. The van der Waals surface area contributed by atoms with Crippen LogP contribution in [0.1, 0.15) is 51.8 Å². The summed E-state index contributed by atoms with van der Waals surface area (Å²) in [6, 6.07) is 12.9. The highest BCUT2D eigenvalue weighted by molar-refractivity contribution is 5.93. The maximum Gasteiger partial charge on any atom is 0.407 e. The van der Waals surface area contributed by atoms with Crippen LogP contribution in [0.4, 0.5) is 30.9 Å². The third kappa shape index (κ3) is 6.29. The molecule has 0 radical (unpaired) electrons. The number of halogens is 2. The lowest BCUT2D eigenvalue weighted by Gasteiger charge is -2.29. The highest BCUT2D eigenvalue weighted by Gasteiger charge is 2.28. The fourth-order valence-electron chi connectivity index (χ4n) is 4.29. The average Bonchev–Trinajstić information content (AvgIpc) is 3.32. The molecule has 2 atom stereocenters. The van der Waals surface area contributed by atoms with Crippen LogP contribution in [0.5, 0.6) is 0 Å². The summed E-state index contributed by atoms with van der Waals surface area (Å²) in [5.41, 5.74) is 0.924. The Bertz CT molecular complexity index is 1570. The van der Waals surface area contributed by atoms with Crippen molar-refractivity contribution < 1.29 is 18.3 Å². The van der Waals surface area contributed by atoms with Crippen LogP contribution >= 0.6 is 0 Å². The van der Waals surface area contributed by atoms with Crippen molar-refractivity contribution in [3.8, 4) is 6.07 Å². The third-order valence-corrected chi connectivity index (χ3v) is 6.11. The quantitative estimate of drug-likeness (QED) is 0.233. The number of anilines is 3. The van der Waals surface area contributed by atoms with Crippen molar-refractivity contribution in [3.63, 3.8) is 0 Å². The monoisotopic (exact) mass is 547 g/mol. The molecule has 0 bridgehead atoms. The maximum absolute atomic E-state index is 15.3. The Morgan fingerprint density at radius 1 is 1.12 bits per heavy atom. The minimum atomic E-state index is -0.942. The molecule has 2 aromatic carbocycles. The number of hydrogen-bond donors (Lipinski definition) is 3. The Hall–Kier alpha value is -4.72. The van der Waals surface area contributed by atoms with E-state index in [1.54, 1.807) is 46.0 Å². The number of alkyl carbamates (subject to hydrolysis) is 1. The Morgan fingerprint density at radius 3 is 2.55 bits per heavy atom. The van der Waals surface area contributed by atoms with E-state index >= 15 is 4.39 Å². The molecule has 0 saturated heterocycles. The SMILES string of the molecule is CCn1ncc2c(Nc3nc(N[C@H](c4ccccc4F)[C@H](C)NC(=O)OC(C)(C)C)c(F)cc3C#N)cccc21. The fraction of sp³-hybridized carbons (Fsp3) is 0.310. The Kier molecular flexibility index (Phi) is 8.18. The standard InChI is InChI=1S/C29H31F2N7O2/c1-6-38-24-13-9-12-23(20(24)16-33-38)35-26-18(15-32)14-22(31)27(37-26)36-25(19-10-7-8-11-21(19)30)17(2)34-28(39)40-29(3,4)5/h7-14,16-17,25H,6H2,1-5H3,(H,34,39)(H2,35,36,37)/t17-,25-/m0/s1. The van der Waals surface area contributed by atoms with Crippen LogP contribution in [0.2, 0.25) is 0 Å². The van der Waals surface area contributed by atoms with E-state index < -0.39 is 35.4 Å². The second kappa shape index (κ2) is 11.6. The van der Waals surface area contributed by atoms with Gasteiger partial charge in [-0.1, -0.05) is 24.3 Å². The topological polar surface area (TPSA) is 117 Å². The molecular weight excluding hydrogens is 516 g/mol. The largest absolute Gasteiger partial charge is 0.444 e. The Morgan fingerprint density at radius 2 is 1.88 bits per heavy atom. The molecule has 0 aliphatic heterocycles. The number of nitriles is 1. The zero-order valence-corrected chi connectivity index (χ0v) is 22.9. The van der Waals surface area contributed by atoms with Crippen LogP contribution in [0.3, 0.4) is 0 Å². The van der Waals surface area contributed by atoms with Gasteiger partial charge < -0.3 is 20.7 Å². The lowest BCUT2D eigenvalue weighted by molar-refractivity contribution is 0.0503. The summed E-state index contributed by atoms with van der Waals surface area (Å²) >= 11 is 0. The molecule has 0 saturated carbocycles. The van der Waals surface area contributed by atoms with E-state index in [2.05, 4.69) is 26.0 Å². The molecule has 0 unspecified atom stereocenters. The number of benzene rings is 2. The van der Waals surface area contributed by atoms with Gasteiger partial charge in [0.25, 0.3) is 0 Å². The molecule has 4 aromatic rings. The average molecular weight is 548 g/mol. The number of fused-ring (bicyclic) bond motifs is 1. The van der Waals surface area contributed by atoms with Crippen LogP contribution < -0.4 is 16.0 Å².